The first-order valence-corrected chi connectivity index (χ1v) is 8.23. The molecule has 0 bridgehead atoms. The molecule has 1 amide bonds. The summed E-state index contributed by atoms with van der Waals surface area (Å²) in [5.41, 5.74) is 1.35. The highest BCUT2D eigenvalue weighted by molar-refractivity contribution is 5.91. The van der Waals surface area contributed by atoms with E-state index < -0.39 is 0 Å². The second-order valence-electron chi connectivity index (χ2n) is 6.90. The largest absolute Gasteiger partial charge is 0.493 e. The van der Waals surface area contributed by atoms with Crippen LogP contribution in [0.25, 0.3) is 0 Å². The number of hydrogen-bond acceptors (Lipinski definition) is 5. The molecule has 0 saturated heterocycles. The molecule has 1 aromatic heterocycles. The zero-order valence-electron chi connectivity index (χ0n) is 15.7. The van der Waals surface area contributed by atoms with Crippen LogP contribution < -0.4 is 14.8 Å². The molecule has 2 aromatic rings. The average molecular weight is 346 g/mol. The molecular formula is C19H26N2O4. The second-order valence-corrected chi connectivity index (χ2v) is 6.90. The van der Waals surface area contributed by atoms with Crippen LogP contribution in [0, 0.1) is 6.92 Å². The number of carbonyl (C=O) groups excluding carboxylic acids is 1. The lowest BCUT2D eigenvalue weighted by Gasteiger charge is -2.12. The summed E-state index contributed by atoms with van der Waals surface area (Å²) in [7, 11) is 3.13. The molecule has 1 aromatic carbocycles. The Bertz CT molecular complexity index is 744. The summed E-state index contributed by atoms with van der Waals surface area (Å²) < 4.78 is 16.2. The maximum absolute atomic E-state index is 12.2. The van der Waals surface area contributed by atoms with Gasteiger partial charge in [-0.05, 0) is 19.1 Å². The molecule has 0 fully saturated rings. The number of oxazole rings is 1. The van der Waals surface area contributed by atoms with Crippen LogP contribution in [-0.2, 0) is 16.6 Å². The molecule has 2 rings (SSSR count). The number of anilines is 1. The number of aryl methyl sites for hydroxylation is 2. The lowest BCUT2D eigenvalue weighted by molar-refractivity contribution is -0.116. The Kier molecular flexibility index (Phi) is 5.72. The Morgan fingerprint density at radius 1 is 1.20 bits per heavy atom. The van der Waals surface area contributed by atoms with E-state index in [1.807, 2.05) is 27.7 Å². The molecule has 0 spiro atoms. The number of ether oxygens (including phenoxy) is 2. The van der Waals surface area contributed by atoms with Crippen molar-refractivity contribution >= 4 is 11.6 Å². The van der Waals surface area contributed by atoms with Gasteiger partial charge in [0.05, 0.1) is 19.9 Å². The van der Waals surface area contributed by atoms with Gasteiger partial charge < -0.3 is 19.2 Å². The number of benzene rings is 1. The molecule has 0 aliphatic carbocycles. The van der Waals surface area contributed by atoms with Crippen molar-refractivity contribution in [2.45, 2.75) is 46.0 Å². The summed E-state index contributed by atoms with van der Waals surface area (Å²) in [5.74, 6) is 2.54. The molecule has 25 heavy (non-hydrogen) atoms. The third-order valence-electron chi connectivity index (χ3n) is 3.78. The van der Waals surface area contributed by atoms with Gasteiger partial charge in [-0.3, -0.25) is 4.79 Å². The molecule has 0 aliphatic rings. The first-order chi connectivity index (χ1) is 11.7. The van der Waals surface area contributed by atoms with Crippen LogP contribution in [-0.4, -0.2) is 25.1 Å². The van der Waals surface area contributed by atoms with E-state index in [4.69, 9.17) is 13.9 Å². The van der Waals surface area contributed by atoms with Gasteiger partial charge in [0.1, 0.15) is 5.76 Å². The van der Waals surface area contributed by atoms with E-state index in [0.717, 1.165) is 11.5 Å². The molecule has 6 nitrogen and oxygen atoms in total. The monoisotopic (exact) mass is 346 g/mol. The minimum atomic E-state index is -0.148. The first kappa shape index (κ1) is 18.8. The summed E-state index contributed by atoms with van der Waals surface area (Å²) in [5, 5.41) is 2.86. The van der Waals surface area contributed by atoms with Crippen molar-refractivity contribution in [3.63, 3.8) is 0 Å². The molecule has 1 heterocycles. The van der Waals surface area contributed by atoms with Crippen LogP contribution in [0.15, 0.2) is 22.6 Å². The minimum absolute atomic E-state index is 0.0969. The first-order valence-electron chi connectivity index (χ1n) is 8.23. The van der Waals surface area contributed by atoms with E-state index in [1.54, 1.807) is 32.4 Å². The third kappa shape index (κ3) is 4.75. The lowest BCUT2D eigenvalue weighted by Crippen LogP contribution is -2.12. The number of nitrogens with zero attached hydrogens (tertiary/aromatic N) is 1. The van der Waals surface area contributed by atoms with Gasteiger partial charge in [-0.25, -0.2) is 4.98 Å². The topological polar surface area (TPSA) is 73.6 Å². The smallest absolute Gasteiger partial charge is 0.224 e. The fourth-order valence-electron chi connectivity index (χ4n) is 2.35. The summed E-state index contributed by atoms with van der Waals surface area (Å²) in [4.78, 5) is 16.7. The van der Waals surface area contributed by atoms with Crippen LogP contribution in [0.2, 0.25) is 0 Å². The van der Waals surface area contributed by atoms with Gasteiger partial charge in [0.25, 0.3) is 0 Å². The Labute approximate surface area is 148 Å². The van der Waals surface area contributed by atoms with Crippen LogP contribution in [0.3, 0.4) is 0 Å². The van der Waals surface area contributed by atoms with E-state index in [0.29, 0.717) is 35.9 Å². The van der Waals surface area contributed by atoms with Crippen molar-refractivity contribution in [3.8, 4) is 11.5 Å². The van der Waals surface area contributed by atoms with Crippen LogP contribution in [0.1, 0.15) is 44.5 Å². The van der Waals surface area contributed by atoms with Gasteiger partial charge in [-0.2, -0.15) is 0 Å². The van der Waals surface area contributed by atoms with Crippen molar-refractivity contribution in [2.24, 2.45) is 0 Å². The molecule has 0 aliphatic heterocycles. The number of rotatable bonds is 6. The van der Waals surface area contributed by atoms with Gasteiger partial charge in [0, 0.05) is 30.0 Å². The quantitative estimate of drug-likeness (QED) is 0.859. The molecule has 6 heteroatoms. The zero-order valence-corrected chi connectivity index (χ0v) is 15.7. The predicted octanol–water partition coefficient (Wildman–Crippen LogP) is 3.87. The van der Waals surface area contributed by atoms with E-state index >= 15 is 0 Å². The number of methoxy groups -OCH3 is 2. The Morgan fingerprint density at radius 2 is 1.88 bits per heavy atom. The molecule has 0 unspecified atom stereocenters. The molecule has 0 atom stereocenters. The van der Waals surface area contributed by atoms with Gasteiger partial charge in [-0.15, -0.1) is 0 Å². The standard InChI is InChI=1S/C19H26N2O4/c1-12-14(25-18(20-12)19(2,3)4)9-10-17(22)21-13-7-8-15(23-5)16(11-13)24-6/h7-8,11H,9-10H2,1-6H3,(H,21,22). The number of nitrogens with one attached hydrogen (secondary N) is 1. The molecule has 0 radical (unpaired) electrons. The van der Waals surface area contributed by atoms with E-state index in [-0.39, 0.29) is 11.3 Å². The number of amides is 1. The average Bonchev–Trinajstić information content (AvgIpc) is 2.94. The normalized spacial score (nSPS) is 11.3. The van der Waals surface area contributed by atoms with Crippen LogP contribution >= 0.6 is 0 Å². The van der Waals surface area contributed by atoms with E-state index in [1.165, 1.54) is 0 Å². The van der Waals surface area contributed by atoms with Gasteiger partial charge >= 0.3 is 0 Å². The fourth-order valence-corrected chi connectivity index (χ4v) is 2.35. The van der Waals surface area contributed by atoms with Gasteiger partial charge in [-0.1, -0.05) is 20.8 Å². The highest BCUT2D eigenvalue weighted by Crippen LogP contribution is 2.30. The molecule has 136 valence electrons. The Hall–Kier alpha value is -2.50. The summed E-state index contributed by atoms with van der Waals surface area (Å²) >= 11 is 0. The van der Waals surface area contributed by atoms with E-state index in [9.17, 15) is 4.79 Å². The van der Waals surface area contributed by atoms with Crippen molar-refractivity contribution in [3.05, 3.63) is 35.5 Å². The Balaban J connectivity index is 1.98. The minimum Gasteiger partial charge on any atom is -0.493 e. The maximum Gasteiger partial charge on any atom is 0.224 e. The molecule has 0 saturated carbocycles. The fraction of sp³-hybridized carbons (Fsp3) is 0.474. The van der Waals surface area contributed by atoms with Crippen molar-refractivity contribution in [2.75, 3.05) is 19.5 Å². The number of aromatic nitrogens is 1. The maximum atomic E-state index is 12.2. The van der Waals surface area contributed by atoms with Gasteiger partial charge in [0.2, 0.25) is 5.91 Å². The van der Waals surface area contributed by atoms with Crippen molar-refractivity contribution in [1.29, 1.82) is 0 Å². The summed E-state index contributed by atoms with van der Waals surface area (Å²) in [6.07, 6.45) is 0.821. The van der Waals surface area contributed by atoms with Crippen LogP contribution in [0.5, 0.6) is 11.5 Å². The van der Waals surface area contributed by atoms with Crippen molar-refractivity contribution in [1.82, 2.24) is 4.98 Å². The number of carbonyl (C=O) groups is 1. The van der Waals surface area contributed by atoms with Crippen LogP contribution in [0.4, 0.5) is 5.69 Å². The SMILES string of the molecule is COc1ccc(NC(=O)CCc2oc(C(C)(C)C)nc2C)cc1OC. The van der Waals surface area contributed by atoms with Gasteiger partial charge in [0.15, 0.2) is 17.4 Å². The summed E-state index contributed by atoms with van der Waals surface area (Å²) in [6, 6.07) is 5.26. The summed E-state index contributed by atoms with van der Waals surface area (Å²) in [6.45, 7) is 8.05. The third-order valence-corrected chi connectivity index (χ3v) is 3.78. The zero-order chi connectivity index (χ0) is 18.6. The highest BCUT2D eigenvalue weighted by Gasteiger charge is 2.22. The Morgan fingerprint density at radius 3 is 2.44 bits per heavy atom. The van der Waals surface area contributed by atoms with Crippen molar-refractivity contribution < 1.29 is 18.7 Å². The lowest BCUT2D eigenvalue weighted by atomic mass is 9.97. The highest BCUT2D eigenvalue weighted by atomic mass is 16.5. The molecule has 1 N–H and O–H groups in total. The number of hydrogen-bond donors (Lipinski definition) is 1. The molecular weight excluding hydrogens is 320 g/mol. The predicted molar refractivity (Wildman–Crippen MR) is 96.4 cm³/mol. The van der Waals surface area contributed by atoms with E-state index in [2.05, 4.69) is 10.3 Å². The second kappa shape index (κ2) is 7.59.